The topological polar surface area (TPSA) is 50.9 Å². The molecule has 4 nitrogen and oxygen atoms in total. The van der Waals surface area contributed by atoms with Crippen molar-refractivity contribution in [3.8, 4) is 89.7 Å². The molecule has 0 aliphatic rings. The summed E-state index contributed by atoms with van der Waals surface area (Å²) in [7, 11) is 0. The first-order valence-electron chi connectivity index (χ1n) is 24.4. The Hall–Kier alpha value is -7.82. The third kappa shape index (κ3) is 8.12. The molecule has 0 aliphatic carbocycles. The number of hydrogen-bond acceptors (Lipinski definition) is 3. The Morgan fingerprint density at radius 1 is 0.530 bits per heavy atom. The van der Waals surface area contributed by atoms with Gasteiger partial charge in [0, 0.05) is 28.4 Å². The smallest absolute Gasteiger partial charge is 0.149 e. The highest BCUT2D eigenvalue weighted by Crippen LogP contribution is 2.43. The van der Waals surface area contributed by atoms with Gasteiger partial charge in [0.2, 0.25) is 0 Å². The van der Waals surface area contributed by atoms with Crippen LogP contribution in [0.2, 0.25) is 0 Å². The predicted octanol–water partition coefficient (Wildman–Crippen LogP) is 16.5. The van der Waals surface area contributed by atoms with E-state index in [1.165, 1.54) is 0 Å². The van der Waals surface area contributed by atoms with Crippen molar-refractivity contribution in [3.05, 3.63) is 217 Å². The van der Waals surface area contributed by atoms with Crippen LogP contribution in [0.5, 0.6) is 5.75 Å². The Kier molecular flexibility index (Phi) is 9.83. The molecular weight excluding hydrogens is 803 g/mol. The summed E-state index contributed by atoms with van der Waals surface area (Å²) in [4.78, 5) is 10.4. The van der Waals surface area contributed by atoms with E-state index in [2.05, 4.69) is 104 Å². The quantitative estimate of drug-likeness (QED) is 0.157. The van der Waals surface area contributed by atoms with Crippen molar-refractivity contribution in [2.45, 2.75) is 52.8 Å². The average molecular weight is 860 g/mol. The van der Waals surface area contributed by atoms with Gasteiger partial charge in [-0.2, -0.15) is 0 Å². The van der Waals surface area contributed by atoms with E-state index >= 15 is 0 Å². The number of rotatable bonds is 9. The molecule has 322 valence electrons. The van der Waals surface area contributed by atoms with Gasteiger partial charge >= 0.3 is 0 Å². The molecular formula is C62H53N3O. The normalized spacial score (nSPS) is 12.9. The maximum absolute atomic E-state index is 11.7. The summed E-state index contributed by atoms with van der Waals surface area (Å²) >= 11 is 0. The van der Waals surface area contributed by atoms with E-state index in [1.807, 2.05) is 123 Å². The van der Waals surface area contributed by atoms with Gasteiger partial charge in [0.1, 0.15) is 11.6 Å². The molecule has 0 saturated heterocycles. The number of pyridine rings is 1. The molecule has 1 N–H and O–H groups in total. The summed E-state index contributed by atoms with van der Waals surface area (Å²) < 4.78 is 37.2. The molecule has 2 heterocycles. The number of aromatic hydroxyl groups is 1. The molecule has 0 atom stereocenters. The first-order chi connectivity index (χ1) is 33.5. The number of fused-ring (bicyclic) bond motifs is 1. The zero-order valence-corrected chi connectivity index (χ0v) is 37.8. The van der Waals surface area contributed by atoms with Gasteiger partial charge in [-0.15, -0.1) is 0 Å². The average Bonchev–Trinajstić information content (AvgIpc) is 3.75. The second-order valence-electron chi connectivity index (χ2n) is 18.2. The summed E-state index contributed by atoms with van der Waals surface area (Å²) in [5, 5.41) is 11.7. The van der Waals surface area contributed by atoms with E-state index < -0.39 is 12.7 Å². The molecule has 2 aromatic heterocycles. The van der Waals surface area contributed by atoms with Crippen molar-refractivity contribution < 1.29 is 10.6 Å². The standard InChI is InChI=1S/C62H53N3O/c1-40(2)42-24-26-44(27-25-42)47-32-33-63-56(38-47)50-36-48(43-16-9-7-10-17-43)35-49(37-50)52-21-15-22-57-60(52)64-61(53-20-13-14-23-59(53)66)65(57)58-39-54(45-18-11-8-12-19-45)41(3)34-55(58)46-28-30-51(31-29-46)62(4,5)6/h7-40,66H,1-6H3/i3D3,40D. The number of phenolic OH excluding ortho intramolecular Hbond substituents is 1. The molecule has 0 unspecified atom stereocenters. The van der Waals surface area contributed by atoms with E-state index in [1.54, 1.807) is 12.1 Å². The molecule has 8 aromatic carbocycles. The molecule has 4 heteroatoms. The van der Waals surface area contributed by atoms with Gasteiger partial charge in [-0.05, 0) is 140 Å². The fourth-order valence-corrected chi connectivity index (χ4v) is 8.92. The van der Waals surface area contributed by atoms with Gasteiger partial charge < -0.3 is 5.11 Å². The second-order valence-corrected chi connectivity index (χ2v) is 18.2. The van der Waals surface area contributed by atoms with Crippen molar-refractivity contribution >= 4 is 11.0 Å². The van der Waals surface area contributed by atoms with Gasteiger partial charge in [-0.25, -0.2) is 4.98 Å². The molecule has 10 aromatic rings. The number of benzene rings is 8. The summed E-state index contributed by atoms with van der Waals surface area (Å²) in [5.41, 5.74) is 15.5. The van der Waals surface area contributed by atoms with E-state index in [0.29, 0.717) is 33.7 Å². The van der Waals surface area contributed by atoms with Crippen LogP contribution in [0.3, 0.4) is 0 Å². The van der Waals surface area contributed by atoms with Crippen LogP contribution in [0.15, 0.2) is 200 Å². The van der Waals surface area contributed by atoms with Crippen LogP contribution in [0.1, 0.15) is 62.7 Å². The minimum atomic E-state index is -2.44. The molecule has 0 radical (unpaired) electrons. The molecule has 0 bridgehead atoms. The number of aromatic nitrogens is 3. The van der Waals surface area contributed by atoms with Crippen LogP contribution in [0.4, 0.5) is 0 Å². The van der Waals surface area contributed by atoms with Crippen LogP contribution in [-0.2, 0) is 5.41 Å². The van der Waals surface area contributed by atoms with Gasteiger partial charge in [0.15, 0.2) is 0 Å². The monoisotopic (exact) mass is 859 g/mol. The van der Waals surface area contributed by atoms with Crippen LogP contribution in [0, 0.1) is 6.85 Å². The van der Waals surface area contributed by atoms with Crippen LogP contribution in [-0.4, -0.2) is 19.6 Å². The van der Waals surface area contributed by atoms with Crippen molar-refractivity contribution in [3.63, 3.8) is 0 Å². The van der Waals surface area contributed by atoms with Crippen LogP contribution < -0.4 is 0 Å². The molecule has 0 saturated carbocycles. The Balaban J connectivity index is 1.24. The van der Waals surface area contributed by atoms with Gasteiger partial charge in [0.25, 0.3) is 0 Å². The minimum Gasteiger partial charge on any atom is -0.507 e. The number of para-hydroxylation sites is 2. The summed E-state index contributed by atoms with van der Waals surface area (Å²) in [6.45, 7) is 7.89. The lowest BCUT2D eigenvalue weighted by Gasteiger charge is -2.21. The minimum absolute atomic E-state index is 0.0662. The highest BCUT2D eigenvalue weighted by atomic mass is 16.3. The Labute approximate surface area is 394 Å². The fourth-order valence-electron chi connectivity index (χ4n) is 8.92. The van der Waals surface area contributed by atoms with Gasteiger partial charge in [0.05, 0.1) is 28.0 Å². The van der Waals surface area contributed by atoms with Crippen molar-refractivity contribution in [2.75, 3.05) is 0 Å². The molecule has 0 fully saturated rings. The number of imidazole rings is 1. The van der Waals surface area contributed by atoms with Crippen LogP contribution >= 0.6 is 0 Å². The lowest BCUT2D eigenvalue weighted by atomic mass is 9.85. The largest absolute Gasteiger partial charge is 0.507 e. The molecule has 0 aliphatic heterocycles. The molecule has 0 amide bonds. The summed E-state index contributed by atoms with van der Waals surface area (Å²) in [6, 6.07) is 64.4. The fraction of sp³-hybridized carbons (Fsp3) is 0.129. The second kappa shape index (κ2) is 17.3. The summed E-state index contributed by atoms with van der Waals surface area (Å²) in [6.07, 6.45) is 1.85. The van der Waals surface area contributed by atoms with Crippen molar-refractivity contribution in [1.29, 1.82) is 0 Å². The highest BCUT2D eigenvalue weighted by molar-refractivity contribution is 5.99. The van der Waals surface area contributed by atoms with E-state index in [9.17, 15) is 5.11 Å². The number of nitrogens with zero attached hydrogens (tertiary/aromatic N) is 3. The third-order valence-electron chi connectivity index (χ3n) is 12.6. The predicted molar refractivity (Wildman–Crippen MR) is 276 cm³/mol. The maximum atomic E-state index is 11.7. The third-order valence-corrected chi connectivity index (χ3v) is 12.6. The van der Waals surface area contributed by atoms with Gasteiger partial charge in [-0.3, -0.25) is 9.55 Å². The lowest BCUT2D eigenvalue weighted by molar-refractivity contribution is 0.477. The zero-order chi connectivity index (χ0) is 49.0. The summed E-state index contributed by atoms with van der Waals surface area (Å²) in [5.74, 6) is -0.133. The number of aryl methyl sites for hydroxylation is 1. The van der Waals surface area contributed by atoms with Crippen molar-refractivity contribution in [1.82, 2.24) is 14.5 Å². The molecule has 66 heavy (non-hydrogen) atoms. The number of phenols is 1. The van der Waals surface area contributed by atoms with E-state index in [-0.39, 0.29) is 16.7 Å². The van der Waals surface area contributed by atoms with E-state index in [4.69, 9.17) is 15.5 Å². The molecule has 10 rings (SSSR count). The SMILES string of the molecule is [2H]C([2H])([2H])c1cc(-c2ccc(C(C)(C)C)cc2)c(-n2c(-c3ccccc3O)nc3c(-c4cc(-c5ccccc5)cc(-c5cc(-c6ccc(C([2H])(C)C)cc6)ccn5)c4)cccc32)cc1-c1ccccc1. The maximum Gasteiger partial charge on any atom is 0.149 e. The number of hydrogen-bond donors (Lipinski definition) is 1. The van der Waals surface area contributed by atoms with E-state index in [0.717, 1.165) is 72.4 Å². The Morgan fingerprint density at radius 3 is 1.85 bits per heavy atom. The zero-order valence-electron chi connectivity index (χ0n) is 41.8. The van der Waals surface area contributed by atoms with Crippen LogP contribution in [0.25, 0.3) is 95.0 Å². The lowest BCUT2D eigenvalue weighted by Crippen LogP contribution is -2.10. The first-order valence-corrected chi connectivity index (χ1v) is 22.4. The first kappa shape index (κ1) is 37.5. The van der Waals surface area contributed by atoms with Gasteiger partial charge in [-0.1, -0.05) is 168 Å². The van der Waals surface area contributed by atoms with Crippen molar-refractivity contribution in [2.24, 2.45) is 0 Å². The Morgan fingerprint density at radius 2 is 1.15 bits per heavy atom. The molecule has 0 spiro atoms. The Bertz CT molecular complexity index is 3530. The highest BCUT2D eigenvalue weighted by Gasteiger charge is 2.24.